The molecule has 3 nitrogen and oxygen atoms in total. The van der Waals surface area contributed by atoms with Crippen molar-refractivity contribution in [3.05, 3.63) is 17.0 Å². The van der Waals surface area contributed by atoms with Gasteiger partial charge in [-0.15, -0.1) is 0 Å². The standard InChI is InChI=1S/C8H10BrN3/c9-7-8(11-4-3-10-7)12-5-1-2-6-12/h3-4H,1-2,5-6H2. The first-order valence-corrected chi connectivity index (χ1v) is 4.88. The summed E-state index contributed by atoms with van der Waals surface area (Å²) in [7, 11) is 0. The molecule has 0 bridgehead atoms. The van der Waals surface area contributed by atoms with Gasteiger partial charge in [-0.25, -0.2) is 9.97 Å². The highest BCUT2D eigenvalue weighted by molar-refractivity contribution is 9.10. The van der Waals surface area contributed by atoms with Gasteiger partial charge in [0.1, 0.15) is 4.60 Å². The highest BCUT2D eigenvalue weighted by atomic mass is 79.9. The molecule has 2 rings (SSSR count). The quantitative estimate of drug-likeness (QED) is 0.734. The molecule has 12 heavy (non-hydrogen) atoms. The summed E-state index contributed by atoms with van der Waals surface area (Å²) in [5.74, 6) is 0.981. The molecule has 1 aromatic rings. The van der Waals surface area contributed by atoms with Crippen molar-refractivity contribution in [2.45, 2.75) is 12.8 Å². The van der Waals surface area contributed by atoms with Crippen molar-refractivity contribution in [1.82, 2.24) is 9.97 Å². The summed E-state index contributed by atoms with van der Waals surface area (Å²) >= 11 is 3.39. The predicted octanol–water partition coefficient (Wildman–Crippen LogP) is 1.84. The highest BCUT2D eigenvalue weighted by Gasteiger charge is 2.15. The van der Waals surface area contributed by atoms with Gasteiger partial charge in [-0.3, -0.25) is 0 Å². The first-order valence-electron chi connectivity index (χ1n) is 4.09. The van der Waals surface area contributed by atoms with E-state index < -0.39 is 0 Å². The second-order valence-corrected chi connectivity index (χ2v) is 3.62. The SMILES string of the molecule is Brc1nccnc1N1CCCC1. The van der Waals surface area contributed by atoms with Crippen LogP contribution in [0.1, 0.15) is 12.8 Å². The third-order valence-corrected chi connectivity index (χ3v) is 2.60. The molecule has 0 saturated carbocycles. The highest BCUT2D eigenvalue weighted by Crippen LogP contribution is 2.23. The van der Waals surface area contributed by atoms with Gasteiger partial charge in [-0.1, -0.05) is 0 Å². The van der Waals surface area contributed by atoms with Gasteiger partial charge in [-0.2, -0.15) is 0 Å². The normalized spacial score (nSPS) is 16.9. The van der Waals surface area contributed by atoms with Gasteiger partial charge >= 0.3 is 0 Å². The van der Waals surface area contributed by atoms with Crippen LogP contribution in [0.15, 0.2) is 17.0 Å². The Balaban J connectivity index is 2.26. The van der Waals surface area contributed by atoms with Crippen molar-refractivity contribution < 1.29 is 0 Å². The summed E-state index contributed by atoms with van der Waals surface area (Å²) in [5.41, 5.74) is 0. The zero-order valence-electron chi connectivity index (χ0n) is 6.70. The van der Waals surface area contributed by atoms with Crippen molar-refractivity contribution in [2.75, 3.05) is 18.0 Å². The predicted molar refractivity (Wildman–Crippen MR) is 51.2 cm³/mol. The summed E-state index contributed by atoms with van der Waals surface area (Å²) < 4.78 is 0.854. The van der Waals surface area contributed by atoms with E-state index in [1.807, 2.05) is 0 Å². The van der Waals surface area contributed by atoms with Crippen LogP contribution >= 0.6 is 15.9 Å². The van der Waals surface area contributed by atoms with Crippen LogP contribution < -0.4 is 4.90 Å². The monoisotopic (exact) mass is 227 g/mol. The Bertz CT molecular complexity index is 271. The minimum Gasteiger partial charge on any atom is -0.354 e. The van der Waals surface area contributed by atoms with Crippen LogP contribution in [0.25, 0.3) is 0 Å². The van der Waals surface area contributed by atoms with Crippen LogP contribution in [0.4, 0.5) is 5.82 Å². The van der Waals surface area contributed by atoms with Crippen molar-refractivity contribution >= 4 is 21.7 Å². The Morgan fingerprint density at radius 1 is 1.17 bits per heavy atom. The maximum absolute atomic E-state index is 4.28. The fraction of sp³-hybridized carbons (Fsp3) is 0.500. The number of anilines is 1. The molecule has 0 atom stereocenters. The van der Waals surface area contributed by atoms with Crippen LogP contribution in [0.2, 0.25) is 0 Å². The molecule has 0 aliphatic carbocycles. The topological polar surface area (TPSA) is 29.0 Å². The van der Waals surface area contributed by atoms with Gasteiger partial charge in [0, 0.05) is 25.5 Å². The molecule has 0 radical (unpaired) electrons. The lowest BCUT2D eigenvalue weighted by molar-refractivity contribution is 0.918. The molecule has 0 spiro atoms. The molecule has 0 aromatic carbocycles. The van der Waals surface area contributed by atoms with Crippen molar-refractivity contribution in [3.8, 4) is 0 Å². The molecule has 1 aliphatic rings. The van der Waals surface area contributed by atoms with Gasteiger partial charge in [0.2, 0.25) is 0 Å². The summed E-state index contributed by atoms with van der Waals surface area (Å²) in [6.07, 6.45) is 5.97. The minimum atomic E-state index is 0.854. The summed E-state index contributed by atoms with van der Waals surface area (Å²) in [6.45, 7) is 2.22. The maximum Gasteiger partial charge on any atom is 0.161 e. The van der Waals surface area contributed by atoms with Gasteiger partial charge in [0.15, 0.2) is 5.82 Å². The lowest BCUT2D eigenvalue weighted by Gasteiger charge is -2.16. The minimum absolute atomic E-state index is 0.854. The number of hydrogen-bond donors (Lipinski definition) is 0. The fourth-order valence-electron chi connectivity index (χ4n) is 1.45. The Hall–Kier alpha value is -0.640. The molecule has 0 amide bonds. The molecule has 2 heterocycles. The third kappa shape index (κ3) is 1.43. The van der Waals surface area contributed by atoms with Crippen molar-refractivity contribution in [1.29, 1.82) is 0 Å². The molecule has 1 aliphatic heterocycles. The van der Waals surface area contributed by atoms with E-state index in [4.69, 9.17) is 0 Å². The second-order valence-electron chi connectivity index (χ2n) is 2.86. The molecule has 1 aromatic heterocycles. The molecular weight excluding hydrogens is 218 g/mol. The summed E-state index contributed by atoms with van der Waals surface area (Å²) in [5, 5.41) is 0. The van der Waals surface area contributed by atoms with Crippen LogP contribution in [-0.4, -0.2) is 23.1 Å². The van der Waals surface area contributed by atoms with Crippen LogP contribution in [0.3, 0.4) is 0 Å². The summed E-state index contributed by atoms with van der Waals surface area (Å²) in [4.78, 5) is 10.7. The Kier molecular flexibility index (Phi) is 2.26. The molecule has 1 saturated heterocycles. The van der Waals surface area contributed by atoms with E-state index in [0.29, 0.717) is 0 Å². The zero-order chi connectivity index (χ0) is 8.39. The van der Waals surface area contributed by atoms with Gasteiger partial charge in [0.05, 0.1) is 0 Å². The number of nitrogens with zero attached hydrogens (tertiary/aromatic N) is 3. The number of aromatic nitrogens is 2. The second kappa shape index (κ2) is 3.39. The number of halogens is 1. The van der Waals surface area contributed by atoms with Crippen LogP contribution in [0, 0.1) is 0 Å². The Labute approximate surface area is 80.0 Å². The first kappa shape index (κ1) is 7.98. The smallest absolute Gasteiger partial charge is 0.161 e. The van der Waals surface area contributed by atoms with E-state index in [9.17, 15) is 0 Å². The van der Waals surface area contributed by atoms with Crippen LogP contribution in [0.5, 0.6) is 0 Å². The van der Waals surface area contributed by atoms with E-state index in [0.717, 1.165) is 23.5 Å². The number of hydrogen-bond acceptors (Lipinski definition) is 3. The number of rotatable bonds is 1. The largest absolute Gasteiger partial charge is 0.354 e. The molecular formula is C8H10BrN3. The van der Waals surface area contributed by atoms with Gasteiger partial charge in [-0.05, 0) is 28.8 Å². The lowest BCUT2D eigenvalue weighted by Crippen LogP contribution is -2.19. The molecule has 64 valence electrons. The zero-order valence-corrected chi connectivity index (χ0v) is 8.29. The Morgan fingerprint density at radius 2 is 1.83 bits per heavy atom. The van der Waals surface area contributed by atoms with Crippen LogP contribution in [-0.2, 0) is 0 Å². The van der Waals surface area contributed by atoms with E-state index in [1.54, 1.807) is 12.4 Å². The summed E-state index contributed by atoms with van der Waals surface area (Å²) in [6, 6.07) is 0. The first-order chi connectivity index (χ1) is 5.88. The van der Waals surface area contributed by atoms with Crippen molar-refractivity contribution in [3.63, 3.8) is 0 Å². The average Bonchev–Trinajstić information content (AvgIpc) is 2.57. The van der Waals surface area contributed by atoms with Gasteiger partial charge in [0.25, 0.3) is 0 Å². The molecule has 0 unspecified atom stereocenters. The van der Waals surface area contributed by atoms with E-state index in [1.165, 1.54) is 12.8 Å². The third-order valence-electron chi connectivity index (χ3n) is 2.04. The lowest BCUT2D eigenvalue weighted by atomic mass is 10.4. The fourth-order valence-corrected chi connectivity index (χ4v) is 1.93. The molecule has 0 N–H and O–H groups in total. The van der Waals surface area contributed by atoms with Gasteiger partial charge < -0.3 is 4.90 Å². The Morgan fingerprint density at radius 3 is 2.50 bits per heavy atom. The average molecular weight is 228 g/mol. The molecule has 4 heteroatoms. The van der Waals surface area contributed by atoms with E-state index in [2.05, 4.69) is 30.8 Å². The van der Waals surface area contributed by atoms with E-state index in [-0.39, 0.29) is 0 Å². The molecule has 1 fully saturated rings. The maximum atomic E-state index is 4.28. The van der Waals surface area contributed by atoms with Crippen molar-refractivity contribution in [2.24, 2.45) is 0 Å². The van der Waals surface area contributed by atoms with E-state index >= 15 is 0 Å².